The molecule has 10 heteroatoms. The number of ether oxygens (including phenoxy) is 2. The van der Waals surface area contributed by atoms with Crippen LogP contribution >= 0.6 is 0 Å². The number of hydrogen-bond acceptors (Lipinski definition) is 7. The van der Waals surface area contributed by atoms with E-state index < -0.39 is 54.2 Å². The van der Waals surface area contributed by atoms with Crippen LogP contribution in [0.5, 0.6) is 0 Å². The van der Waals surface area contributed by atoms with Crippen molar-refractivity contribution in [3.8, 4) is 0 Å². The molecule has 2 heterocycles. The van der Waals surface area contributed by atoms with E-state index in [1.807, 2.05) is 0 Å². The summed E-state index contributed by atoms with van der Waals surface area (Å²) in [6.45, 7) is 3.10. The molecule has 4 atom stereocenters. The van der Waals surface area contributed by atoms with Gasteiger partial charge in [-0.25, -0.2) is 9.59 Å². The number of aliphatic hydroxyl groups is 2. The molecule has 1 aromatic carbocycles. The van der Waals surface area contributed by atoms with Crippen LogP contribution in [0.3, 0.4) is 0 Å². The van der Waals surface area contributed by atoms with E-state index in [9.17, 15) is 29.0 Å². The van der Waals surface area contributed by atoms with Crippen LogP contribution in [0.15, 0.2) is 34.0 Å². The Morgan fingerprint density at radius 3 is 2.54 bits per heavy atom. The second-order valence-corrected chi connectivity index (χ2v) is 6.56. The Hall–Kier alpha value is -2.82. The molecule has 0 amide bonds. The van der Waals surface area contributed by atoms with E-state index in [1.165, 1.54) is 0 Å². The van der Waals surface area contributed by atoms with E-state index in [-0.39, 0.29) is 0 Å². The van der Waals surface area contributed by atoms with Crippen molar-refractivity contribution >= 4 is 5.97 Å². The van der Waals surface area contributed by atoms with Crippen LogP contribution in [0.1, 0.15) is 27.7 Å². The first-order valence-corrected chi connectivity index (χ1v) is 8.46. The van der Waals surface area contributed by atoms with Crippen LogP contribution in [-0.4, -0.2) is 50.7 Å². The van der Waals surface area contributed by atoms with Gasteiger partial charge < -0.3 is 19.7 Å². The fourth-order valence-electron chi connectivity index (χ4n) is 3.11. The molecule has 1 aliphatic rings. The molecule has 0 radical (unpaired) electrons. The molecule has 1 fully saturated rings. The maximum atomic E-state index is 13.5. The predicted octanol–water partition coefficient (Wildman–Crippen LogP) is -0.231. The summed E-state index contributed by atoms with van der Waals surface area (Å²) in [6, 6.07) is 5.30. The van der Waals surface area contributed by atoms with Crippen molar-refractivity contribution in [2.24, 2.45) is 0 Å². The van der Waals surface area contributed by atoms with Gasteiger partial charge in [-0.3, -0.25) is 14.3 Å². The topological polar surface area (TPSA) is 131 Å². The van der Waals surface area contributed by atoms with Crippen molar-refractivity contribution < 1.29 is 28.9 Å². The molecular formula is C18H19FN2O7. The van der Waals surface area contributed by atoms with Crippen LogP contribution in [0, 0.1) is 19.7 Å². The lowest BCUT2D eigenvalue weighted by Crippen LogP contribution is -2.38. The van der Waals surface area contributed by atoms with Gasteiger partial charge in [-0.05, 0) is 25.0 Å². The molecule has 150 valence electrons. The van der Waals surface area contributed by atoms with Gasteiger partial charge >= 0.3 is 11.7 Å². The first-order chi connectivity index (χ1) is 13.2. The summed E-state index contributed by atoms with van der Waals surface area (Å²) in [7, 11) is 0. The van der Waals surface area contributed by atoms with Gasteiger partial charge in [0.15, 0.2) is 6.23 Å². The van der Waals surface area contributed by atoms with Crippen LogP contribution in [0.2, 0.25) is 0 Å². The Labute approximate surface area is 158 Å². The van der Waals surface area contributed by atoms with Crippen molar-refractivity contribution in [3.63, 3.8) is 0 Å². The Morgan fingerprint density at radius 2 is 1.89 bits per heavy atom. The second-order valence-electron chi connectivity index (χ2n) is 6.56. The number of hydrogen-bond donors (Lipinski definition) is 3. The molecular weight excluding hydrogens is 375 g/mol. The summed E-state index contributed by atoms with van der Waals surface area (Å²) in [4.78, 5) is 37.1. The van der Waals surface area contributed by atoms with Gasteiger partial charge in [0.1, 0.15) is 24.9 Å². The fourth-order valence-corrected chi connectivity index (χ4v) is 3.11. The monoisotopic (exact) mass is 394 g/mol. The maximum Gasteiger partial charge on any atom is 0.338 e. The van der Waals surface area contributed by atoms with Gasteiger partial charge in [-0.15, -0.1) is 0 Å². The summed E-state index contributed by atoms with van der Waals surface area (Å²) >= 11 is 0. The zero-order chi connectivity index (χ0) is 20.6. The minimum absolute atomic E-state index is 0.381. The maximum absolute atomic E-state index is 13.5. The molecule has 9 nitrogen and oxygen atoms in total. The van der Waals surface area contributed by atoms with Gasteiger partial charge in [0, 0.05) is 0 Å². The third-order valence-corrected chi connectivity index (χ3v) is 4.60. The number of esters is 1. The van der Waals surface area contributed by atoms with Crippen molar-refractivity contribution in [3.05, 3.63) is 67.7 Å². The minimum atomic E-state index is -1.60. The van der Waals surface area contributed by atoms with Gasteiger partial charge in [0.25, 0.3) is 5.56 Å². The first-order valence-electron chi connectivity index (χ1n) is 8.46. The first kappa shape index (κ1) is 19.9. The average molecular weight is 394 g/mol. The SMILES string of the molecule is Cc1cccc(C)c1C(=O)OC[C@H]1O[C@@H](n2cc(F)c(=O)[nH]c2=O)[C@H](O)[C@@H]1O. The predicted molar refractivity (Wildman–Crippen MR) is 93.4 cm³/mol. The number of nitrogens with one attached hydrogen (secondary N) is 1. The highest BCUT2D eigenvalue weighted by Gasteiger charge is 2.45. The smallest absolute Gasteiger partial charge is 0.338 e. The van der Waals surface area contributed by atoms with Gasteiger partial charge in [-0.2, -0.15) is 4.39 Å². The molecule has 0 spiro atoms. The highest BCUT2D eigenvalue weighted by molar-refractivity contribution is 5.92. The normalized spacial score (nSPS) is 24.3. The number of H-pyrrole nitrogens is 1. The van der Waals surface area contributed by atoms with E-state index >= 15 is 0 Å². The standard InChI is InChI=1S/C18H19FN2O7/c1-8-4-3-5-9(2)12(8)17(25)27-7-11-13(22)14(23)16(28-11)21-6-10(19)15(24)20-18(21)26/h3-6,11,13-14,16,22-23H,7H2,1-2H3,(H,20,24,26)/t11-,13-,14-,16-/m1/s1. The zero-order valence-corrected chi connectivity index (χ0v) is 15.1. The van der Waals surface area contributed by atoms with E-state index in [0.717, 1.165) is 0 Å². The molecule has 0 unspecified atom stereocenters. The molecule has 2 aromatic rings. The lowest BCUT2D eigenvalue weighted by molar-refractivity contribution is -0.0602. The summed E-state index contributed by atoms with van der Waals surface area (Å²) in [5.41, 5.74) is -0.424. The molecule has 1 saturated heterocycles. The summed E-state index contributed by atoms with van der Waals surface area (Å²) in [6.07, 6.45) is -5.15. The molecule has 3 N–H and O–H groups in total. The molecule has 0 aliphatic carbocycles. The van der Waals surface area contributed by atoms with E-state index in [2.05, 4.69) is 0 Å². The van der Waals surface area contributed by atoms with Gasteiger partial charge in [-0.1, -0.05) is 18.2 Å². The summed E-state index contributed by atoms with van der Waals surface area (Å²) in [5.74, 6) is -1.88. The number of aromatic nitrogens is 2. The van der Waals surface area contributed by atoms with Crippen molar-refractivity contribution in [2.45, 2.75) is 38.4 Å². The second kappa shape index (κ2) is 7.66. The fraction of sp³-hybridized carbons (Fsp3) is 0.389. The largest absolute Gasteiger partial charge is 0.459 e. The average Bonchev–Trinajstić information content (AvgIpc) is 2.91. The van der Waals surface area contributed by atoms with E-state index in [1.54, 1.807) is 37.0 Å². The number of aromatic amines is 1. The zero-order valence-electron chi connectivity index (χ0n) is 15.1. The molecule has 1 aliphatic heterocycles. The summed E-state index contributed by atoms with van der Waals surface area (Å²) in [5, 5.41) is 20.3. The number of carbonyl (C=O) groups excluding carboxylic acids is 1. The van der Waals surface area contributed by atoms with Crippen LogP contribution in [-0.2, 0) is 9.47 Å². The number of aliphatic hydroxyl groups excluding tert-OH is 2. The number of carbonyl (C=O) groups is 1. The highest BCUT2D eigenvalue weighted by atomic mass is 19.1. The van der Waals surface area contributed by atoms with Crippen molar-refractivity contribution in [1.29, 1.82) is 0 Å². The lowest BCUT2D eigenvalue weighted by atomic mass is 10.0. The molecule has 0 saturated carbocycles. The van der Waals surface area contributed by atoms with Crippen molar-refractivity contribution in [1.82, 2.24) is 9.55 Å². The Bertz CT molecular complexity index is 995. The number of benzene rings is 1. The van der Waals surface area contributed by atoms with Gasteiger partial charge in [0.2, 0.25) is 5.82 Å². The lowest BCUT2D eigenvalue weighted by Gasteiger charge is -2.17. The number of halogens is 1. The Balaban J connectivity index is 1.75. The molecule has 28 heavy (non-hydrogen) atoms. The molecule has 0 bridgehead atoms. The Morgan fingerprint density at radius 1 is 1.25 bits per heavy atom. The van der Waals surface area contributed by atoms with E-state index in [4.69, 9.17) is 9.47 Å². The third kappa shape index (κ3) is 3.61. The van der Waals surface area contributed by atoms with Crippen LogP contribution in [0.25, 0.3) is 0 Å². The third-order valence-electron chi connectivity index (χ3n) is 4.60. The Kier molecular flexibility index (Phi) is 5.45. The number of rotatable bonds is 4. The number of nitrogens with zero attached hydrogens (tertiary/aromatic N) is 1. The van der Waals surface area contributed by atoms with E-state index in [0.29, 0.717) is 27.5 Å². The quantitative estimate of drug-likeness (QED) is 0.611. The van der Waals surface area contributed by atoms with Crippen LogP contribution < -0.4 is 11.2 Å². The molecule has 3 rings (SSSR count). The van der Waals surface area contributed by atoms with Crippen LogP contribution in [0.4, 0.5) is 4.39 Å². The highest BCUT2D eigenvalue weighted by Crippen LogP contribution is 2.29. The van der Waals surface area contributed by atoms with Gasteiger partial charge in [0.05, 0.1) is 11.8 Å². The van der Waals surface area contributed by atoms with Crippen molar-refractivity contribution in [2.75, 3.05) is 6.61 Å². The molecule has 1 aromatic heterocycles. The number of aryl methyl sites for hydroxylation is 2. The summed E-state index contributed by atoms with van der Waals surface area (Å²) < 4.78 is 24.7. The minimum Gasteiger partial charge on any atom is -0.459 e.